The molecule has 0 aromatic carbocycles. The van der Waals surface area contributed by atoms with Crippen molar-refractivity contribution in [3.05, 3.63) is 0 Å². The third-order valence-electron chi connectivity index (χ3n) is 5.14. The van der Waals surface area contributed by atoms with Crippen molar-refractivity contribution in [3.8, 4) is 0 Å². The second kappa shape index (κ2) is 8.85. The second-order valence-electron chi connectivity index (χ2n) is 7.91. The van der Waals surface area contributed by atoms with E-state index in [9.17, 15) is 4.79 Å². The molecule has 0 spiro atoms. The Kier molecular flexibility index (Phi) is 7.84. The van der Waals surface area contributed by atoms with Gasteiger partial charge in [0.05, 0.1) is 0 Å². The number of hydrogen-bond donors (Lipinski definition) is 0. The van der Waals surface area contributed by atoms with Crippen molar-refractivity contribution in [3.63, 3.8) is 0 Å². The monoisotopic (exact) mass is 280 g/mol. The Hall–Kier alpha value is -0.330. The van der Waals surface area contributed by atoms with E-state index in [0.29, 0.717) is 17.1 Å². The molecule has 1 fully saturated rings. The first-order valence-electron chi connectivity index (χ1n) is 8.98. The minimum Gasteiger partial charge on any atom is -0.299 e. The number of unbranched alkanes of at least 4 members (excludes halogenated alkanes) is 6. The van der Waals surface area contributed by atoms with Crippen LogP contribution in [-0.4, -0.2) is 5.78 Å². The topological polar surface area (TPSA) is 17.1 Å². The summed E-state index contributed by atoms with van der Waals surface area (Å²) in [6.45, 7) is 9.26. The maximum absolute atomic E-state index is 12.1. The molecule has 1 aliphatic rings. The van der Waals surface area contributed by atoms with E-state index in [1.807, 2.05) is 0 Å². The van der Waals surface area contributed by atoms with Gasteiger partial charge in [0.25, 0.3) is 0 Å². The van der Waals surface area contributed by atoms with Crippen LogP contribution in [-0.2, 0) is 4.79 Å². The molecule has 0 amide bonds. The number of carbonyl (C=O) groups is 1. The van der Waals surface area contributed by atoms with Gasteiger partial charge in [-0.25, -0.2) is 0 Å². The Morgan fingerprint density at radius 2 is 1.60 bits per heavy atom. The van der Waals surface area contributed by atoms with Crippen molar-refractivity contribution in [1.82, 2.24) is 0 Å². The Bertz CT molecular complexity index is 274. The van der Waals surface area contributed by atoms with E-state index in [2.05, 4.69) is 27.7 Å². The SMILES string of the molecule is CCCCCCCCCC1CC(C(C)(C)C)CCC1=O. The summed E-state index contributed by atoms with van der Waals surface area (Å²) in [6, 6.07) is 0. The smallest absolute Gasteiger partial charge is 0.135 e. The molecule has 1 aliphatic carbocycles. The number of Topliss-reactive ketones (excluding diaryl/α,β-unsaturated/α-hetero) is 1. The third kappa shape index (κ3) is 6.41. The van der Waals surface area contributed by atoms with E-state index >= 15 is 0 Å². The predicted octanol–water partition coefficient (Wildman–Crippen LogP) is 6.16. The van der Waals surface area contributed by atoms with Gasteiger partial charge in [0.2, 0.25) is 0 Å². The fraction of sp³-hybridized carbons (Fsp3) is 0.947. The van der Waals surface area contributed by atoms with Crippen LogP contribution in [0.4, 0.5) is 0 Å². The van der Waals surface area contributed by atoms with Gasteiger partial charge in [-0.05, 0) is 30.6 Å². The molecule has 0 saturated heterocycles. The maximum atomic E-state index is 12.1. The molecular formula is C19H36O. The Balaban J connectivity index is 2.19. The van der Waals surface area contributed by atoms with Crippen LogP contribution in [0.3, 0.4) is 0 Å². The summed E-state index contributed by atoms with van der Waals surface area (Å²) in [4.78, 5) is 12.1. The Morgan fingerprint density at radius 3 is 2.20 bits per heavy atom. The lowest BCUT2D eigenvalue weighted by molar-refractivity contribution is -0.126. The second-order valence-corrected chi connectivity index (χ2v) is 7.91. The zero-order valence-corrected chi connectivity index (χ0v) is 14.3. The highest BCUT2D eigenvalue weighted by atomic mass is 16.1. The van der Waals surface area contributed by atoms with Crippen LogP contribution in [0.15, 0.2) is 0 Å². The number of ketones is 1. The molecule has 0 N–H and O–H groups in total. The van der Waals surface area contributed by atoms with Gasteiger partial charge in [0.1, 0.15) is 5.78 Å². The fourth-order valence-corrected chi connectivity index (χ4v) is 3.53. The van der Waals surface area contributed by atoms with Gasteiger partial charge in [-0.2, -0.15) is 0 Å². The molecule has 0 radical (unpaired) electrons. The molecule has 0 bridgehead atoms. The van der Waals surface area contributed by atoms with E-state index in [-0.39, 0.29) is 0 Å². The number of rotatable bonds is 8. The number of hydrogen-bond acceptors (Lipinski definition) is 1. The highest BCUT2D eigenvalue weighted by molar-refractivity contribution is 5.81. The van der Waals surface area contributed by atoms with Crippen LogP contribution in [0.25, 0.3) is 0 Å². The minimum atomic E-state index is 0.374. The van der Waals surface area contributed by atoms with Crippen molar-refractivity contribution in [2.24, 2.45) is 17.3 Å². The molecule has 20 heavy (non-hydrogen) atoms. The van der Waals surface area contributed by atoms with E-state index in [4.69, 9.17) is 0 Å². The molecule has 0 heterocycles. The first-order valence-corrected chi connectivity index (χ1v) is 8.98. The van der Waals surface area contributed by atoms with E-state index < -0.39 is 0 Å². The molecule has 1 saturated carbocycles. The standard InChI is InChI=1S/C19H36O/c1-5-6-7-8-9-10-11-12-16-15-17(19(2,3)4)13-14-18(16)20/h16-17H,5-15H2,1-4H3. The molecule has 118 valence electrons. The van der Waals surface area contributed by atoms with Crippen LogP contribution < -0.4 is 0 Å². The summed E-state index contributed by atoms with van der Waals surface area (Å²) in [6.07, 6.45) is 13.7. The molecule has 0 aromatic rings. The molecular weight excluding hydrogens is 244 g/mol. The Morgan fingerprint density at radius 1 is 1.00 bits per heavy atom. The first-order chi connectivity index (χ1) is 9.45. The predicted molar refractivity (Wildman–Crippen MR) is 87.9 cm³/mol. The summed E-state index contributed by atoms with van der Waals surface area (Å²) in [7, 11) is 0. The van der Waals surface area contributed by atoms with E-state index in [1.165, 1.54) is 44.9 Å². The molecule has 1 heteroatoms. The minimum absolute atomic E-state index is 0.374. The summed E-state index contributed by atoms with van der Waals surface area (Å²) in [5, 5.41) is 0. The molecule has 0 aliphatic heterocycles. The lowest BCUT2D eigenvalue weighted by atomic mass is 9.68. The van der Waals surface area contributed by atoms with Gasteiger partial charge in [0.15, 0.2) is 0 Å². The van der Waals surface area contributed by atoms with Crippen molar-refractivity contribution in [2.45, 2.75) is 98.3 Å². The first kappa shape index (κ1) is 17.7. The van der Waals surface area contributed by atoms with Crippen LogP contribution in [0.2, 0.25) is 0 Å². The van der Waals surface area contributed by atoms with Crippen LogP contribution >= 0.6 is 0 Å². The van der Waals surface area contributed by atoms with Crippen molar-refractivity contribution >= 4 is 5.78 Å². The molecule has 0 aromatic heterocycles. The third-order valence-corrected chi connectivity index (χ3v) is 5.14. The lowest BCUT2D eigenvalue weighted by Crippen LogP contribution is -2.32. The quantitative estimate of drug-likeness (QED) is 0.487. The van der Waals surface area contributed by atoms with E-state index in [0.717, 1.165) is 31.6 Å². The summed E-state index contributed by atoms with van der Waals surface area (Å²) in [5.74, 6) is 1.68. The number of carbonyl (C=O) groups excluding carboxylic acids is 1. The maximum Gasteiger partial charge on any atom is 0.135 e. The molecule has 2 unspecified atom stereocenters. The normalized spacial score (nSPS) is 24.1. The zero-order chi connectivity index (χ0) is 15.0. The van der Waals surface area contributed by atoms with Gasteiger partial charge < -0.3 is 0 Å². The van der Waals surface area contributed by atoms with Gasteiger partial charge in [-0.1, -0.05) is 72.6 Å². The average Bonchev–Trinajstić information content (AvgIpc) is 2.38. The van der Waals surface area contributed by atoms with Gasteiger partial charge in [-0.15, -0.1) is 0 Å². The van der Waals surface area contributed by atoms with Gasteiger partial charge in [-0.3, -0.25) is 4.79 Å². The van der Waals surface area contributed by atoms with Crippen molar-refractivity contribution < 1.29 is 4.79 Å². The van der Waals surface area contributed by atoms with E-state index in [1.54, 1.807) is 0 Å². The molecule has 2 atom stereocenters. The zero-order valence-electron chi connectivity index (χ0n) is 14.3. The van der Waals surface area contributed by atoms with Gasteiger partial charge in [0, 0.05) is 12.3 Å². The fourth-order valence-electron chi connectivity index (χ4n) is 3.53. The van der Waals surface area contributed by atoms with Crippen molar-refractivity contribution in [1.29, 1.82) is 0 Å². The molecule has 1 nitrogen and oxygen atoms in total. The highest BCUT2D eigenvalue weighted by Gasteiger charge is 2.34. The van der Waals surface area contributed by atoms with Crippen LogP contribution in [0, 0.1) is 17.3 Å². The van der Waals surface area contributed by atoms with Crippen LogP contribution in [0.5, 0.6) is 0 Å². The average molecular weight is 280 g/mol. The Labute approximate surface area is 126 Å². The summed E-state index contributed by atoms with van der Waals surface area (Å²) < 4.78 is 0. The van der Waals surface area contributed by atoms with Crippen LogP contribution in [0.1, 0.15) is 98.3 Å². The summed E-state index contributed by atoms with van der Waals surface area (Å²) >= 11 is 0. The molecule has 1 rings (SSSR count). The lowest BCUT2D eigenvalue weighted by Gasteiger charge is -2.37. The largest absolute Gasteiger partial charge is 0.299 e. The summed E-state index contributed by atoms with van der Waals surface area (Å²) in [5.41, 5.74) is 0.374. The van der Waals surface area contributed by atoms with Crippen molar-refractivity contribution in [2.75, 3.05) is 0 Å². The highest BCUT2D eigenvalue weighted by Crippen LogP contribution is 2.40. The van der Waals surface area contributed by atoms with Gasteiger partial charge >= 0.3 is 0 Å².